The summed E-state index contributed by atoms with van der Waals surface area (Å²) < 4.78 is 33.2. The molecule has 2 aliphatic rings. The van der Waals surface area contributed by atoms with Crippen molar-refractivity contribution in [2.75, 3.05) is 19.7 Å². The number of carboxylic acid groups (broad SMARTS) is 1. The number of nitrogens with one attached hydrogen (secondary N) is 2. The van der Waals surface area contributed by atoms with E-state index in [2.05, 4.69) is 5.32 Å². The van der Waals surface area contributed by atoms with Crippen LogP contribution in [0.25, 0.3) is 11.1 Å². The van der Waals surface area contributed by atoms with Crippen molar-refractivity contribution in [2.45, 2.75) is 17.9 Å². The molecule has 0 saturated heterocycles. The van der Waals surface area contributed by atoms with Gasteiger partial charge in [-0.3, -0.25) is 4.79 Å². The lowest BCUT2D eigenvalue weighted by Crippen LogP contribution is -2.38. The zero-order valence-electron chi connectivity index (χ0n) is 17.3. The van der Waals surface area contributed by atoms with Gasteiger partial charge in [0.25, 0.3) is 5.92 Å². The Hall–Kier alpha value is -3.53. The van der Waals surface area contributed by atoms with E-state index in [4.69, 9.17) is 14.9 Å². The number of aliphatic hydroxyl groups is 1. The second-order valence-electron chi connectivity index (χ2n) is 8.06. The van der Waals surface area contributed by atoms with Gasteiger partial charge >= 0.3 is 12.1 Å². The number of aliphatic carboxylic acids is 1. The fourth-order valence-corrected chi connectivity index (χ4v) is 4.24. The molecule has 174 valence electrons. The van der Waals surface area contributed by atoms with Crippen molar-refractivity contribution in [3.63, 3.8) is 0 Å². The summed E-state index contributed by atoms with van der Waals surface area (Å²) in [5.41, 5.74) is 4.14. The lowest BCUT2D eigenvalue weighted by Gasteiger charge is -2.14. The molecule has 2 aromatic carbocycles. The molecule has 0 unspecified atom stereocenters. The highest BCUT2D eigenvalue weighted by Gasteiger charge is 2.71. The summed E-state index contributed by atoms with van der Waals surface area (Å²) in [6.45, 7) is -1.14. The molecule has 0 aliphatic heterocycles. The second kappa shape index (κ2) is 8.78. The molecule has 0 radical (unpaired) electrons. The van der Waals surface area contributed by atoms with Gasteiger partial charge in [0.05, 0.1) is 12.5 Å². The number of fused-ring (bicyclic) bond motifs is 3. The molecular weight excluding hydrogens is 438 g/mol. The number of halogens is 2. The number of hydrogen-bond donors (Lipinski definition) is 4. The van der Waals surface area contributed by atoms with Crippen LogP contribution < -0.4 is 10.6 Å². The number of rotatable bonds is 8. The first-order chi connectivity index (χ1) is 15.7. The number of carboxylic acids is 1. The lowest BCUT2D eigenvalue weighted by atomic mass is 9.98. The number of alkyl carbamates (subject to hydrolysis) is 1. The van der Waals surface area contributed by atoms with E-state index in [1.807, 2.05) is 53.8 Å². The molecule has 2 aliphatic carbocycles. The summed E-state index contributed by atoms with van der Waals surface area (Å²) in [5.74, 6) is -9.35. The Morgan fingerprint density at radius 3 is 2.15 bits per heavy atom. The first-order valence-electron chi connectivity index (χ1n) is 10.4. The molecule has 33 heavy (non-hydrogen) atoms. The van der Waals surface area contributed by atoms with Crippen molar-refractivity contribution in [1.29, 1.82) is 0 Å². The number of benzene rings is 2. The smallest absolute Gasteiger partial charge is 0.407 e. The molecule has 2 aromatic rings. The Bertz CT molecular complexity index is 1050. The van der Waals surface area contributed by atoms with Crippen LogP contribution in [0.2, 0.25) is 0 Å². The number of hydrogen-bond acceptors (Lipinski definition) is 5. The number of carbonyl (C=O) groups is 3. The van der Waals surface area contributed by atoms with Crippen molar-refractivity contribution in [3.05, 3.63) is 59.7 Å². The average Bonchev–Trinajstić information content (AvgIpc) is 3.20. The van der Waals surface area contributed by atoms with Crippen molar-refractivity contribution in [2.24, 2.45) is 11.8 Å². The summed E-state index contributed by atoms with van der Waals surface area (Å²) in [7, 11) is 0. The number of amides is 2. The fourth-order valence-electron chi connectivity index (χ4n) is 4.24. The van der Waals surface area contributed by atoms with Crippen LogP contribution >= 0.6 is 0 Å². The molecule has 0 aromatic heterocycles. The summed E-state index contributed by atoms with van der Waals surface area (Å²) in [6.07, 6.45) is -2.77. The third-order valence-electron chi connectivity index (χ3n) is 6.05. The highest BCUT2D eigenvalue weighted by atomic mass is 19.3. The minimum Gasteiger partial charge on any atom is -0.479 e. The van der Waals surface area contributed by atoms with E-state index >= 15 is 0 Å². The van der Waals surface area contributed by atoms with Gasteiger partial charge in [0.1, 0.15) is 12.5 Å². The molecule has 8 nitrogen and oxygen atoms in total. The van der Waals surface area contributed by atoms with Crippen molar-refractivity contribution in [1.82, 2.24) is 10.6 Å². The van der Waals surface area contributed by atoms with Crippen molar-refractivity contribution < 1.29 is 38.1 Å². The predicted molar refractivity (Wildman–Crippen MR) is 112 cm³/mol. The topological polar surface area (TPSA) is 125 Å². The summed E-state index contributed by atoms with van der Waals surface area (Å²) in [6, 6.07) is 15.5. The molecule has 1 saturated carbocycles. The maximum Gasteiger partial charge on any atom is 0.407 e. The average molecular weight is 460 g/mol. The van der Waals surface area contributed by atoms with Crippen molar-refractivity contribution >= 4 is 18.0 Å². The number of alkyl halides is 2. The van der Waals surface area contributed by atoms with E-state index in [9.17, 15) is 23.2 Å². The van der Waals surface area contributed by atoms with Gasteiger partial charge in [0.15, 0.2) is 6.10 Å². The van der Waals surface area contributed by atoms with Crippen LogP contribution in [0.15, 0.2) is 48.5 Å². The highest BCUT2D eigenvalue weighted by Crippen LogP contribution is 2.55. The monoisotopic (exact) mass is 460 g/mol. The van der Waals surface area contributed by atoms with Gasteiger partial charge in [-0.05, 0) is 22.3 Å². The van der Waals surface area contributed by atoms with Crippen LogP contribution in [-0.4, -0.2) is 59.9 Å². The number of ether oxygens (including phenoxy) is 1. The molecule has 1 fully saturated rings. The van der Waals surface area contributed by atoms with Gasteiger partial charge in [-0.2, -0.15) is 0 Å². The van der Waals surface area contributed by atoms with Gasteiger partial charge in [-0.1, -0.05) is 48.5 Å². The molecule has 3 atom stereocenters. The van der Waals surface area contributed by atoms with Crippen LogP contribution in [0.3, 0.4) is 0 Å². The molecule has 0 bridgehead atoms. The molecule has 4 rings (SSSR count). The Labute approximate surface area is 187 Å². The Morgan fingerprint density at radius 1 is 1.00 bits per heavy atom. The van der Waals surface area contributed by atoms with Crippen molar-refractivity contribution in [3.8, 4) is 11.1 Å². The zero-order chi connectivity index (χ0) is 23.8. The van der Waals surface area contributed by atoms with E-state index in [1.54, 1.807) is 0 Å². The van der Waals surface area contributed by atoms with Crippen LogP contribution in [0.4, 0.5) is 13.6 Å². The van der Waals surface area contributed by atoms with E-state index in [-0.39, 0.29) is 12.5 Å². The van der Waals surface area contributed by atoms with Gasteiger partial charge in [-0.25, -0.2) is 18.4 Å². The maximum absolute atomic E-state index is 14.0. The van der Waals surface area contributed by atoms with Gasteiger partial charge in [-0.15, -0.1) is 0 Å². The molecular formula is C23H22F2N2O6. The first kappa shape index (κ1) is 22.7. The third kappa shape index (κ3) is 4.38. The number of aliphatic hydroxyl groups excluding tert-OH is 1. The van der Waals surface area contributed by atoms with E-state index in [1.165, 1.54) is 0 Å². The Morgan fingerprint density at radius 2 is 1.58 bits per heavy atom. The standard InChI is InChI=1S/C23H22F2N2O6/c24-23(25)17(19(23)20(29)26-10-18(28)21(30)31)9-27-22(32)33-11-16-14-7-3-1-5-12(14)13-6-2-4-8-15(13)16/h1-8,16-19,28H,9-11H2,(H,26,29)(H,27,32)(H,30,31)/t17-,18-,19-/m0/s1. The molecule has 4 N–H and O–H groups in total. The first-order valence-corrected chi connectivity index (χ1v) is 10.4. The largest absolute Gasteiger partial charge is 0.479 e. The number of carbonyl (C=O) groups excluding carboxylic acids is 2. The molecule has 0 spiro atoms. The zero-order valence-corrected chi connectivity index (χ0v) is 17.3. The van der Waals surface area contributed by atoms with Gasteiger partial charge in [0, 0.05) is 12.5 Å². The minimum absolute atomic E-state index is 0.0257. The minimum atomic E-state index is -3.35. The van der Waals surface area contributed by atoms with E-state index < -0.39 is 54.9 Å². The third-order valence-corrected chi connectivity index (χ3v) is 6.05. The van der Waals surface area contributed by atoms with E-state index in [0.29, 0.717) is 0 Å². The van der Waals surface area contributed by atoms with Gasteiger partial charge in [0.2, 0.25) is 5.91 Å². The van der Waals surface area contributed by atoms with Crippen LogP contribution in [-0.2, 0) is 14.3 Å². The van der Waals surface area contributed by atoms with Gasteiger partial charge < -0.3 is 25.6 Å². The summed E-state index contributed by atoms with van der Waals surface area (Å²) in [5, 5.41) is 22.0. The lowest BCUT2D eigenvalue weighted by molar-refractivity contribution is -0.146. The van der Waals surface area contributed by atoms with Crippen LogP contribution in [0.1, 0.15) is 17.0 Å². The molecule has 2 amide bonds. The summed E-state index contributed by atoms with van der Waals surface area (Å²) in [4.78, 5) is 34.6. The Kier molecular flexibility index (Phi) is 6.03. The van der Waals surface area contributed by atoms with E-state index in [0.717, 1.165) is 22.3 Å². The SMILES string of the molecule is O=C(NC[C@H]1[C@@H](C(=O)NC[C@H](O)C(=O)O)C1(F)F)OCC1c2ccccc2-c2ccccc21. The van der Waals surface area contributed by atoms with Crippen LogP contribution in [0, 0.1) is 11.8 Å². The fraction of sp³-hybridized carbons (Fsp3) is 0.348. The second-order valence-corrected chi connectivity index (χ2v) is 8.06. The summed E-state index contributed by atoms with van der Waals surface area (Å²) >= 11 is 0. The quantitative estimate of drug-likeness (QED) is 0.478. The molecule has 10 heteroatoms. The van der Waals surface area contributed by atoms with Crippen LogP contribution in [0.5, 0.6) is 0 Å². The Balaban J connectivity index is 1.29. The highest BCUT2D eigenvalue weighted by molar-refractivity contribution is 5.84. The molecule has 0 heterocycles. The predicted octanol–water partition coefficient (Wildman–Crippen LogP) is 1.97. The normalized spacial score (nSPS) is 20.8. The maximum atomic E-state index is 14.0.